The summed E-state index contributed by atoms with van der Waals surface area (Å²) in [5, 5.41) is 12.7. The van der Waals surface area contributed by atoms with Crippen LogP contribution in [-0.2, 0) is 0 Å². The number of hydrogen-bond donors (Lipinski definition) is 2. The van der Waals surface area contributed by atoms with Gasteiger partial charge in [0.1, 0.15) is 5.82 Å². The normalized spacial score (nSPS) is 20.8. The van der Waals surface area contributed by atoms with E-state index in [0.29, 0.717) is 5.56 Å². The highest BCUT2D eigenvalue weighted by Gasteiger charge is 2.27. The van der Waals surface area contributed by atoms with Crippen molar-refractivity contribution in [3.63, 3.8) is 0 Å². The first-order chi connectivity index (χ1) is 9.19. The predicted octanol–water partition coefficient (Wildman–Crippen LogP) is 2.46. The standard InChI is InChI=1S/C15H23FN2O/c1-3-17-11(2)15-13(16)7-4-8-14(15)18-9-5-6-12(18)10-19/h4,7-8,11-12,17,19H,3,5-6,9-10H2,1-2H3. The quantitative estimate of drug-likeness (QED) is 0.859. The Kier molecular flexibility index (Phi) is 4.77. The Labute approximate surface area is 114 Å². The summed E-state index contributed by atoms with van der Waals surface area (Å²) in [5.74, 6) is -0.172. The van der Waals surface area contributed by atoms with Gasteiger partial charge in [0, 0.05) is 23.8 Å². The van der Waals surface area contributed by atoms with Crippen LogP contribution in [0.15, 0.2) is 18.2 Å². The van der Waals surface area contributed by atoms with Crippen molar-refractivity contribution in [3.05, 3.63) is 29.6 Å². The molecule has 2 rings (SSSR count). The molecule has 19 heavy (non-hydrogen) atoms. The molecule has 0 radical (unpaired) electrons. The van der Waals surface area contributed by atoms with Crippen LogP contribution in [0.4, 0.5) is 10.1 Å². The molecule has 1 saturated heterocycles. The average molecular weight is 266 g/mol. The second-order valence-electron chi connectivity index (χ2n) is 5.12. The Hall–Kier alpha value is -1.13. The molecule has 0 bridgehead atoms. The third kappa shape index (κ3) is 2.90. The van der Waals surface area contributed by atoms with E-state index in [-0.39, 0.29) is 24.5 Å². The Morgan fingerprint density at radius 3 is 3.00 bits per heavy atom. The molecule has 1 aromatic rings. The van der Waals surface area contributed by atoms with E-state index in [1.165, 1.54) is 6.07 Å². The van der Waals surface area contributed by atoms with Crippen molar-refractivity contribution < 1.29 is 9.50 Å². The summed E-state index contributed by atoms with van der Waals surface area (Å²) in [5.41, 5.74) is 1.63. The maximum absolute atomic E-state index is 14.2. The largest absolute Gasteiger partial charge is 0.394 e. The predicted molar refractivity (Wildman–Crippen MR) is 75.9 cm³/mol. The summed E-state index contributed by atoms with van der Waals surface area (Å²) in [6.45, 7) is 5.82. The van der Waals surface area contributed by atoms with Gasteiger partial charge in [-0.05, 0) is 38.4 Å². The van der Waals surface area contributed by atoms with Crippen LogP contribution < -0.4 is 10.2 Å². The Morgan fingerprint density at radius 2 is 2.32 bits per heavy atom. The van der Waals surface area contributed by atoms with Gasteiger partial charge in [0.15, 0.2) is 0 Å². The third-order valence-corrected chi connectivity index (χ3v) is 3.87. The summed E-state index contributed by atoms with van der Waals surface area (Å²) in [6.07, 6.45) is 2.03. The highest BCUT2D eigenvalue weighted by Crippen LogP contribution is 2.33. The lowest BCUT2D eigenvalue weighted by molar-refractivity contribution is 0.266. The van der Waals surface area contributed by atoms with Crippen LogP contribution >= 0.6 is 0 Å². The van der Waals surface area contributed by atoms with Gasteiger partial charge in [-0.2, -0.15) is 0 Å². The summed E-state index contributed by atoms with van der Waals surface area (Å²) in [4.78, 5) is 2.15. The van der Waals surface area contributed by atoms with Crippen LogP contribution in [0, 0.1) is 5.82 Å². The Bertz CT molecular complexity index is 425. The average Bonchev–Trinajstić information content (AvgIpc) is 2.86. The van der Waals surface area contributed by atoms with Gasteiger partial charge >= 0.3 is 0 Å². The first kappa shape index (κ1) is 14.3. The fraction of sp³-hybridized carbons (Fsp3) is 0.600. The van der Waals surface area contributed by atoms with Crippen LogP contribution in [0.5, 0.6) is 0 Å². The lowest BCUT2D eigenvalue weighted by atomic mass is 10.0. The number of nitrogens with one attached hydrogen (secondary N) is 1. The molecule has 1 aromatic carbocycles. The molecule has 0 amide bonds. The van der Waals surface area contributed by atoms with Crippen molar-refractivity contribution in [2.75, 3.05) is 24.6 Å². The van der Waals surface area contributed by atoms with E-state index < -0.39 is 0 Å². The lowest BCUT2D eigenvalue weighted by Gasteiger charge is -2.29. The van der Waals surface area contributed by atoms with E-state index in [2.05, 4.69) is 10.2 Å². The molecule has 1 aliphatic rings. The van der Waals surface area contributed by atoms with E-state index in [1.807, 2.05) is 19.9 Å². The molecular weight excluding hydrogens is 243 g/mol. The fourth-order valence-electron chi connectivity index (χ4n) is 2.96. The molecule has 2 atom stereocenters. The minimum Gasteiger partial charge on any atom is -0.394 e. The molecule has 1 heterocycles. The van der Waals surface area contributed by atoms with Gasteiger partial charge in [0.25, 0.3) is 0 Å². The van der Waals surface area contributed by atoms with Crippen LogP contribution in [0.25, 0.3) is 0 Å². The van der Waals surface area contributed by atoms with E-state index in [0.717, 1.165) is 31.6 Å². The minimum atomic E-state index is -0.172. The van der Waals surface area contributed by atoms with Gasteiger partial charge in [-0.25, -0.2) is 4.39 Å². The molecule has 4 heteroatoms. The second kappa shape index (κ2) is 6.35. The zero-order valence-corrected chi connectivity index (χ0v) is 11.7. The Balaban J connectivity index is 2.36. The summed E-state index contributed by atoms with van der Waals surface area (Å²) in [6, 6.07) is 5.31. The highest BCUT2D eigenvalue weighted by atomic mass is 19.1. The minimum absolute atomic E-state index is 0.0267. The molecule has 1 fully saturated rings. The van der Waals surface area contributed by atoms with Crippen LogP contribution in [-0.4, -0.2) is 30.8 Å². The number of hydrogen-bond acceptors (Lipinski definition) is 3. The molecule has 1 aliphatic heterocycles. The SMILES string of the molecule is CCNC(C)c1c(F)cccc1N1CCCC1CO. The number of nitrogens with zero attached hydrogens (tertiary/aromatic N) is 1. The molecule has 0 saturated carbocycles. The van der Waals surface area contributed by atoms with Gasteiger partial charge in [-0.15, -0.1) is 0 Å². The maximum atomic E-state index is 14.2. The monoisotopic (exact) mass is 266 g/mol. The first-order valence-corrected chi connectivity index (χ1v) is 7.08. The number of aliphatic hydroxyl groups is 1. The number of rotatable bonds is 5. The number of benzene rings is 1. The van der Waals surface area contributed by atoms with Crippen molar-refractivity contribution in [2.45, 2.75) is 38.8 Å². The van der Waals surface area contributed by atoms with Crippen molar-refractivity contribution in [1.29, 1.82) is 0 Å². The molecular formula is C15H23FN2O. The van der Waals surface area contributed by atoms with Crippen molar-refractivity contribution in [2.24, 2.45) is 0 Å². The number of aliphatic hydroxyl groups excluding tert-OH is 1. The molecule has 0 aromatic heterocycles. The van der Waals surface area contributed by atoms with Gasteiger partial charge in [-0.1, -0.05) is 13.0 Å². The molecule has 0 aliphatic carbocycles. The zero-order chi connectivity index (χ0) is 13.8. The van der Waals surface area contributed by atoms with Crippen molar-refractivity contribution in [3.8, 4) is 0 Å². The van der Waals surface area contributed by atoms with Crippen LogP contribution in [0.3, 0.4) is 0 Å². The summed E-state index contributed by atoms with van der Waals surface area (Å²) < 4.78 is 14.2. The van der Waals surface area contributed by atoms with E-state index in [1.54, 1.807) is 6.07 Å². The lowest BCUT2D eigenvalue weighted by Crippen LogP contribution is -2.34. The molecule has 3 nitrogen and oxygen atoms in total. The van der Waals surface area contributed by atoms with Crippen LogP contribution in [0.1, 0.15) is 38.3 Å². The third-order valence-electron chi connectivity index (χ3n) is 3.87. The Morgan fingerprint density at radius 1 is 1.53 bits per heavy atom. The van der Waals surface area contributed by atoms with E-state index in [4.69, 9.17) is 0 Å². The second-order valence-corrected chi connectivity index (χ2v) is 5.12. The van der Waals surface area contributed by atoms with Crippen molar-refractivity contribution in [1.82, 2.24) is 5.32 Å². The molecule has 106 valence electrons. The summed E-state index contributed by atoms with van der Waals surface area (Å²) in [7, 11) is 0. The first-order valence-electron chi connectivity index (χ1n) is 7.08. The smallest absolute Gasteiger partial charge is 0.130 e. The molecule has 0 spiro atoms. The van der Waals surface area contributed by atoms with Crippen LogP contribution in [0.2, 0.25) is 0 Å². The fourth-order valence-corrected chi connectivity index (χ4v) is 2.96. The number of anilines is 1. The van der Waals surface area contributed by atoms with Gasteiger partial charge in [-0.3, -0.25) is 0 Å². The van der Waals surface area contributed by atoms with E-state index in [9.17, 15) is 9.50 Å². The van der Waals surface area contributed by atoms with Gasteiger partial charge in [0.2, 0.25) is 0 Å². The van der Waals surface area contributed by atoms with Crippen molar-refractivity contribution >= 4 is 5.69 Å². The zero-order valence-electron chi connectivity index (χ0n) is 11.7. The maximum Gasteiger partial charge on any atom is 0.130 e. The highest BCUT2D eigenvalue weighted by molar-refractivity contribution is 5.57. The topological polar surface area (TPSA) is 35.5 Å². The molecule has 2 N–H and O–H groups in total. The summed E-state index contributed by atoms with van der Waals surface area (Å²) >= 11 is 0. The molecule has 2 unspecified atom stereocenters. The van der Waals surface area contributed by atoms with Gasteiger partial charge in [0.05, 0.1) is 12.6 Å². The van der Waals surface area contributed by atoms with E-state index >= 15 is 0 Å². The van der Waals surface area contributed by atoms with Gasteiger partial charge < -0.3 is 15.3 Å². The number of halogens is 1.